The van der Waals surface area contributed by atoms with E-state index in [1.165, 1.54) is 31.4 Å². The Labute approximate surface area is 196 Å². The maximum Gasteiger partial charge on any atom is 0.252 e. The number of hydrogen-bond acceptors (Lipinski definition) is 4. The van der Waals surface area contributed by atoms with Gasteiger partial charge in [0, 0.05) is 37.7 Å². The Bertz CT molecular complexity index is 941. The van der Waals surface area contributed by atoms with E-state index in [4.69, 9.17) is 9.47 Å². The molecule has 4 rings (SSSR count). The molecule has 2 fully saturated rings. The van der Waals surface area contributed by atoms with Crippen LogP contribution in [-0.2, 0) is 16.0 Å². The highest BCUT2D eigenvalue weighted by molar-refractivity contribution is 5.86. The van der Waals surface area contributed by atoms with Crippen LogP contribution in [0.1, 0.15) is 44.6 Å². The summed E-state index contributed by atoms with van der Waals surface area (Å²) in [5, 5.41) is 3.15. The summed E-state index contributed by atoms with van der Waals surface area (Å²) in [5.74, 6) is 0.312. The van der Waals surface area contributed by atoms with Crippen molar-refractivity contribution in [2.24, 2.45) is 0 Å². The number of rotatable bonds is 8. The molecule has 0 bridgehead atoms. The molecule has 2 heterocycles. The van der Waals surface area contributed by atoms with E-state index in [-0.39, 0.29) is 11.7 Å². The first-order chi connectivity index (χ1) is 16.0. The highest BCUT2D eigenvalue weighted by Gasteiger charge is 2.42. The molecular formula is C27H35FN2O3. The summed E-state index contributed by atoms with van der Waals surface area (Å²) in [4.78, 5) is 15.7. The van der Waals surface area contributed by atoms with Gasteiger partial charge in [-0.3, -0.25) is 9.69 Å². The second-order valence-corrected chi connectivity index (χ2v) is 9.30. The van der Waals surface area contributed by atoms with E-state index in [1.807, 2.05) is 24.3 Å². The van der Waals surface area contributed by atoms with E-state index >= 15 is 0 Å². The van der Waals surface area contributed by atoms with Crippen molar-refractivity contribution in [2.75, 3.05) is 33.4 Å². The average molecular weight is 455 g/mol. The van der Waals surface area contributed by atoms with Gasteiger partial charge in [0.1, 0.15) is 11.6 Å². The monoisotopic (exact) mass is 454 g/mol. The lowest BCUT2D eigenvalue weighted by atomic mass is 9.89. The Morgan fingerprint density at radius 2 is 2.03 bits per heavy atom. The Morgan fingerprint density at radius 1 is 1.21 bits per heavy atom. The quantitative estimate of drug-likeness (QED) is 0.634. The number of nitrogens with one attached hydrogen (secondary N) is 1. The summed E-state index contributed by atoms with van der Waals surface area (Å²) < 4.78 is 25.2. The molecule has 0 aliphatic carbocycles. The number of carbonyl (C=O) groups is 1. The van der Waals surface area contributed by atoms with Crippen LogP contribution in [0.3, 0.4) is 0 Å². The number of nitrogens with zero attached hydrogens (tertiary/aromatic N) is 1. The van der Waals surface area contributed by atoms with E-state index in [9.17, 15) is 9.18 Å². The number of benzene rings is 2. The number of carbonyl (C=O) groups excluding carboxylic acids is 1. The van der Waals surface area contributed by atoms with Crippen molar-refractivity contribution in [3.05, 3.63) is 53.8 Å². The first-order valence-electron chi connectivity index (χ1n) is 12.1. The van der Waals surface area contributed by atoms with E-state index in [2.05, 4.69) is 17.1 Å². The second-order valence-electron chi connectivity index (χ2n) is 9.30. The molecule has 5 nitrogen and oxygen atoms in total. The van der Waals surface area contributed by atoms with Gasteiger partial charge in [0.05, 0.1) is 7.11 Å². The van der Waals surface area contributed by atoms with Crippen LogP contribution in [-0.4, -0.2) is 55.8 Å². The van der Waals surface area contributed by atoms with Crippen LogP contribution in [0, 0.1) is 5.82 Å². The summed E-state index contributed by atoms with van der Waals surface area (Å²) in [6.45, 7) is 5.52. The van der Waals surface area contributed by atoms with Crippen molar-refractivity contribution in [1.29, 1.82) is 0 Å². The van der Waals surface area contributed by atoms with Gasteiger partial charge in [-0.15, -0.1) is 0 Å². The first-order valence-corrected chi connectivity index (χ1v) is 12.1. The summed E-state index contributed by atoms with van der Waals surface area (Å²) >= 11 is 0. The molecule has 2 aliphatic heterocycles. The minimum absolute atomic E-state index is 0.0134. The van der Waals surface area contributed by atoms with Gasteiger partial charge in [0.25, 0.3) is 5.91 Å². The second kappa shape index (κ2) is 10.7. The molecule has 33 heavy (non-hydrogen) atoms. The SMILES string of the molecule is COc1ccc(F)cc1-c1ccc(C[C@]2(C(=O)NCCN3CCCC[C@H]3C)CCCO2)cc1. The maximum atomic E-state index is 13.8. The lowest BCUT2D eigenvalue weighted by Crippen LogP contribution is -2.50. The molecule has 1 amide bonds. The fourth-order valence-corrected chi connectivity index (χ4v) is 5.10. The van der Waals surface area contributed by atoms with Gasteiger partial charge in [-0.2, -0.15) is 0 Å². The molecule has 2 aromatic carbocycles. The molecule has 0 radical (unpaired) electrons. The number of piperidine rings is 1. The molecule has 1 N–H and O–H groups in total. The van der Waals surface area contributed by atoms with Crippen LogP contribution < -0.4 is 10.1 Å². The topological polar surface area (TPSA) is 50.8 Å². The predicted octanol–water partition coefficient (Wildman–Crippen LogP) is 4.58. The zero-order chi connectivity index (χ0) is 23.3. The fourth-order valence-electron chi connectivity index (χ4n) is 5.10. The summed E-state index contributed by atoms with van der Waals surface area (Å²) in [6.07, 6.45) is 5.90. The summed E-state index contributed by atoms with van der Waals surface area (Å²) in [5.41, 5.74) is 1.79. The van der Waals surface area contributed by atoms with Crippen molar-refractivity contribution in [3.63, 3.8) is 0 Å². The molecular weight excluding hydrogens is 419 g/mol. The van der Waals surface area contributed by atoms with Crippen LogP contribution in [0.4, 0.5) is 4.39 Å². The van der Waals surface area contributed by atoms with Crippen molar-refractivity contribution >= 4 is 5.91 Å². The zero-order valence-corrected chi connectivity index (χ0v) is 19.7. The Balaban J connectivity index is 1.41. The van der Waals surface area contributed by atoms with Crippen LogP contribution in [0.5, 0.6) is 5.75 Å². The van der Waals surface area contributed by atoms with Gasteiger partial charge in [0.15, 0.2) is 5.60 Å². The predicted molar refractivity (Wildman–Crippen MR) is 128 cm³/mol. The number of methoxy groups -OCH3 is 1. The Morgan fingerprint density at radius 3 is 2.73 bits per heavy atom. The van der Waals surface area contributed by atoms with Crippen LogP contribution in [0.25, 0.3) is 11.1 Å². The maximum absolute atomic E-state index is 13.8. The largest absolute Gasteiger partial charge is 0.496 e. The highest BCUT2D eigenvalue weighted by Crippen LogP contribution is 2.33. The van der Waals surface area contributed by atoms with Crippen molar-refractivity contribution in [1.82, 2.24) is 10.2 Å². The summed E-state index contributed by atoms with van der Waals surface area (Å²) in [6, 6.07) is 13.0. The van der Waals surface area contributed by atoms with Gasteiger partial charge in [-0.1, -0.05) is 30.7 Å². The molecule has 2 aromatic rings. The van der Waals surface area contributed by atoms with Gasteiger partial charge in [-0.25, -0.2) is 4.39 Å². The van der Waals surface area contributed by atoms with E-state index < -0.39 is 5.60 Å². The molecule has 2 saturated heterocycles. The molecule has 2 atom stereocenters. The molecule has 2 aliphatic rings. The minimum Gasteiger partial charge on any atom is -0.496 e. The number of halogens is 1. The Hall–Kier alpha value is -2.44. The van der Waals surface area contributed by atoms with Crippen molar-refractivity contribution in [3.8, 4) is 16.9 Å². The van der Waals surface area contributed by atoms with E-state index in [0.29, 0.717) is 36.9 Å². The van der Waals surface area contributed by atoms with Gasteiger partial charge >= 0.3 is 0 Å². The lowest BCUT2D eigenvalue weighted by Gasteiger charge is -2.34. The van der Waals surface area contributed by atoms with Gasteiger partial charge < -0.3 is 14.8 Å². The third-order valence-corrected chi connectivity index (χ3v) is 7.06. The number of ether oxygens (including phenoxy) is 2. The van der Waals surface area contributed by atoms with Gasteiger partial charge in [-0.05, 0) is 68.5 Å². The molecule has 6 heteroatoms. The minimum atomic E-state index is -0.814. The van der Waals surface area contributed by atoms with Crippen LogP contribution in [0.2, 0.25) is 0 Å². The molecule has 0 spiro atoms. The third kappa shape index (κ3) is 5.56. The van der Waals surface area contributed by atoms with E-state index in [1.54, 1.807) is 13.2 Å². The summed E-state index contributed by atoms with van der Waals surface area (Å²) in [7, 11) is 1.58. The number of likely N-dealkylation sites (tertiary alicyclic amines) is 1. The number of amides is 1. The molecule has 178 valence electrons. The first kappa shape index (κ1) is 23.7. The number of hydrogen-bond donors (Lipinski definition) is 1. The third-order valence-electron chi connectivity index (χ3n) is 7.06. The molecule has 0 aromatic heterocycles. The van der Waals surface area contributed by atoms with Crippen molar-refractivity contribution < 1.29 is 18.7 Å². The van der Waals surface area contributed by atoms with Crippen molar-refractivity contribution in [2.45, 2.75) is 57.1 Å². The van der Waals surface area contributed by atoms with Gasteiger partial charge in [0.2, 0.25) is 0 Å². The molecule has 0 saturated carbocycles. The zero-order valence-electron chi connectivity index (χ0n) is 19.7. The average Bonchev–Trinajstić information content (AvgIpc) is 3.30. The van der Waals surface area contributed by atoms with E-state index in [0.717, 1.165) is 37.1 Å². The normalized spacial score (nSPS) is 23.4. The standard InChI is InChI=1S/C27H35FN2O3/c1-20-6-3-4-15-30(20)16-14-29-26(31)27(13-5-17-33-27)19-21-7-9-22(10-8-21)24-18-23(28)11-12-25(24)32-2/h7-12,18,20H,3-6,13-17,19H2,1-2H3,(H,29,31)/t20-,27+/m1/s1. The molecule has 0 unspecified atom stereocenters. The smallest absolute Gasteiger partial charge is 0.252 e. The van der Waals surface area contributed by atoms with Crippen LogP contribution in [0.15, 0.2) is 42.5 Å². The fraction of sp³-hybridized carbons (Fsp3) is 0.519. The highest BCUT2D eigenvalue weighted by atomic mass is 19.1. The van der Waals surface area contributed by atoms with Crippen LogP contribution >= 0.6 is 0 Å². The lowest BCUT2D eigenvalue weighted by molar-refractivity contribution is -0.141. The Kier molecular flexibility index (Phi) is 7.66.